The van der Waals surface area contributed by atoms with Gasteiger partial charge in [0.15, 0.2) is 0 Å². The molecular formula is C19H17F3N4O. The smallest absolute Gasteiger partial charge is 0.352 e. The molecule has 1 amide bonds. The molecule has 0 unspecified atom stereocenters. The van der Waals surface area contributed by atoms with E-state index in [0.29, 0.717) is 5.56 Å². The van der Waals surface area contributed by atoms with Gasteiger partial charge in [-0.05, 0) is 23.3 Å². The van der Waals surface area contributed by atoms with Crippen molar-refractivity contribution in [2.45, 2.75) is 19.1 Å². The molecule has 0 saturated carbocycles. The third-order valence-corrected chi connectivity index (χ3v) is 3.94. The Hall–Kier alpha value is -3.16. The van der Waals surface area contributed by atoms with Crippen LogP contribution < -0.4 is 5.32 Å². The number of hydrogen-bond donors (Lipinski definition) is 1. The van der Waals surface area contributed by atoms with Crippen LogP contribution in [0.3, 0.4) is 0 Å². The van der Waals surface area contributed by atoms with Gasteiger partial charge in [-0.3, -0.25) is 14.5 Å². The van der Waals surface area contributed by atoms with Crippen LogP contribution in [-0.4, -0.2) is 20.7 Å². The fourth-order valence-electron chi connectivity index (χ4n) is 2.62. The molecule has 3 aromatic rings. The molecule has 0 aliphatic carbocycles. The van der Waals surface area contributed by atoms with Crippen molar-refractivity contribution in [3.63, 3.8) is 0 Å². The number of hydrogen-bond acceptors (Lipinski definition) is 3. The van der Waals surface area contributed by atoms with Crippen LogP contribution in [0.4, 0.5) is 13.2 Å². The van der Waals surface area contributed by atoms with Gasteiger partial charge in [-0.2, -0.15) is 18.3 Å². The van der Waals surface area contributed by atoms with E-state index in [1.807, 2.05) is 19.3 Å². The maximum Gasteiger partial charge on any atom is 0.416 e. The summed E-state index contributed by atoms with van der Waals surface area (Å²) in [5, 5.41) is 6.82. The van der Waals surface area contributed by atoms with E-state index in [9.17, 15) is 18.0 Å². The molecule has 0 bridgehead atoms. The Morgan fingerprint density at radius 1 is 1.11 bits per heavy atom. The molecule has 0 aliphatic rings. The van der Waals surface area contributed by atoms with E-state index < -0.39 is 11.7 Å². The number of alkyl halides is 3. The maximum atomic E-state index is 12.7. The highest BCUT2D eigenvalue weighted by atomic mass is 19.4. The second-order valence-corrected chi connectivity index (χ2v) is 6.14. The first-order valence-electron chi connectivity index (χ1n) is 8.17. The Labute approximate surface area is 153 Å². The molecule has 0 fully saturated rings. The summed E-state index contributed by atoms with van der Waals surface area (Å²) in [7, 11) is 1.81. The van der Waals surface area contributed by atoms with E-state index in [1.165, 1.54) is 12.1 Å². The number of aromatic nitrogens is 3. The Bertz CT molecular complexity index is 950. The van der Waals surface area contributed by atoms with Crippen LogP contribution in [0.5, 0.6) is 0 Å². The van der Waals surface area contributed by atoms with Crippen molar-refractivity contribution >= 4 is 5.91 Å². The Balaban J connectivity index is 1.61. The van der Waals surface area contributed by atoms with E-state index in [-0.39, 0.29) is 18.9 Å². The van der Waals surface area contributed by atoms with Gasteiger partial charge in [-0.1, -0.05) is 18.2 Å². The molecule has 0 aliphatic heterocycles. The first kappa shape index (κ1) is 18.6. The van der Waals surface area contributed by atoms with E-state index >= 15 is 0 Å². The number of amides is 1. The van der Waals surface area contributed by atoms with Gasteiger partial charge in [0.1, 0.15) is 0 Å². The lowest BCUT2D eigenvalue weighted by molar-refractivity contribution is -0.137. The van der Waals surface area contributed by atoms with Gasteiger partial charge in [-0.25, -0.2) is 0 Å². The van der Waals surface area contributed by atoms with Crippen LogP contribution >= 0.6 is 0 Å². The largest absolute Gasteiger partial charge is 0.416 e. The fourth-order valence-corrected chi connectivity index (χ4v) is 2.62. The van der Waals surface area contributed by atoms with Crippen LogP contribution in [0.2, 0.25) is 0 Å². The third-order valence-electron chi connectivity index (χ3n) is 3.94. The molecule has 140 valence electrons. The summed E-state index contributed by atoms with van der Waals surface area (Å²) in [6.07, 6.45) is 2.35. The van der Waals surface area contributed by atoms with Gasteiger partial charge >= 0.3 is 6.18 Å². The van der Waals surface area contributed by atoms with Gasteiger partial charge in [-0.15, -0.1) is 0 Å². The molecule has 5 nitrogen and oxygen atoms in total. The van der Waals surface area contributed by atoms with Crippen LogP contribution in [0.15, 0.2) is 55.1 Å². The quantitative estimate of drug-likeness (QED) is 0.745. The van der Waals surface area contributed by atoms with Gasteiger partial charge in [0.05, 0.1) is 18.2 Å². The first-order chi connectivity index (χ1) is 12.8. The van der Waals surface area contributed by atoms with Gasteiger partial charge < -0.3 is 5.32 Å². The highest BCUT2D eigenvalue weighted by Gasteiger charge is 2.30. The van der Waals surface area contributed by atoms with Crippen molar-refractivity contribution in [3.8, 4) is 11.1 Å². The SMILES string of the molecule is Cn1cc(-c2cncc(CNC(=O)Cc3cccc(C(F)(F)F)c3)c2)cn1. The molecule has 0 radical (unpaired) electrons. The summed E-state index contributed by atoms with van der Waals surface area (Å²) in [6, 6.07) is 6.65. The van der Waals surface area contributed by atoms with Crippen molar-refractivity contribution in [1.82, 2.24) is 20.1 Å². The molecule has 0 saturated heterocycles. The van der Waals surface area contributed by atoms with Crippen LogP contribution in [-0.2, 0) is 31.0 Å². The predicted octanol–water partition coefficient (Wildman–Crippen LogP) is 3.36. The summed E-state index contributed by atoms with van der Waals surface area (Å²) in [5.74, 6) is -0.360. The lowest BCUT2D eigenvalue weighted by Gasteiger charge is -2.09. The number of pyridine rings is 1. The second kappa shape index (κ2) is 7.61. The average Bonchev–Trinajstić information content (AvgIpc) is 3.06. The van der Waals surface area contributed by atoms with Crippen molar-refractivity contribution in [1.29, 1.82) is 0 Å². The lowest BCUT2D eigenvalue weighted by atomic mass is 10.1. The monoisotopic (exact) mass is 374 g/mol. The summed E-state index contributed by atoms with van der Waals surface area (Å²) in [4.78, 5) is 16.2. The summed E-state index contributed by atoms with van der Waals surface area (Å²) < 4.78 is 39.9. The van der Waals surface area contributed by atoms with Crippen LogP contribution in [0.1, 0.15) is 16.7 Å². The standard InChI is InChI=1S/C19H17F3N4O/c1-26-12-16(11-25-26)15-5-14(8-23-10-15)9-24-18(27)7-13-3-2-4-17(6-13)19(20,21)22/h2-6,8,10-12H,7,9H2,1H3,(H,24,27). The lowest BCUT2D eigenvalue weighted by Crippen LogP contribution is -2.24. The predicted molar refractivity (Wildman–Crippen MR) is 93.4 cm³/mol. The van der Waals surface area contributed by atoms with E-state index in [1.54, 1.807) is 23.3 Å². The van der Waals surface area contributed by atoms with E-state index in [2.05, 4.69) is 15.4 Å². The summed E-state index contributed by atoms with van der Waals surface area (Å²) in [5.41, 5.74) is 2.11. The zero-order chi connectivity index (χ0) is 19.4. The van der Waals surface area contributed by atoms with E-state index in [4.69, 9.17) is 0 Å². The zero-order valence-electron chi connectivity index (χ0n) is 14.5. The Kier molecular flexibility index (Phi) is 5.25. The number of carbonyl (C=O) groups excluding carboxylic acids is 1. The first-order valence-corrected chi connectivity index (χ1v) is 8.17. The molecule has 2 heterocycles. The third kappa shape index (κ3) is 4.93. The molecule has 2 aromatic heterocycles. The fraction of sp³-hybridized carbons (Fsp3) is 0.211. The van der Waals surface area contributed by atoms with Gasteiger partial charge in [0.2, 0.25) is 5.91 Å². The molecule has 1 aromatic carbocycles. The minimum atomic E-state index is -4.43. The molecule has 0 atom stereocenters. The van der Waals surface area contributed by atoms with Crippen molar-refractivity contribution in [3.05, 3.63) is 71.8 Å². The number of carbonyl (C=O) groups is 1. The van der Waals surface area contributed by atoms with Crippen LogP contribution in [0, 0.1) is 0 Å². The van der Waals surface area contributed by atoms with Crippen molar-refractivity contribution in [2.24, 2.45) is 7.05 Å². The number of halogens is 3. The van der Waals surface area contributed by atoms with Crippen molar-refractivity contribution < 1.29 is 18.0 Å². The molecule has 8 heteroatoms. The second-order valence-electron chi connectivity index (χ2n) is 6.14. The molecule has 1 N–H and O–H groups in total. The molecular weight excluding hydrogens is 357 g/mol. The molecule has 0 spiro atoms. The van der Waals surface area contributed by atoms with Gasteiger partial charge in [0.25, 0.3) is 0 Å². The highest BCUT2D eigenvalue weighted by molar-refractivity contribution is 5.78. The highest BCUT2D eigenvalue weighted by Crippen LogP contribution is 2.29. The maximum absolute atomic E-state index is 12.7. The van der Waals surface area contributed by atoms with Crippen molar-refractivity contribution in [2.75, 3.05) is 0 Å². The number of nitrogens with zero attached hydrogens (tertiary/aromatic N) is 3. The average molecular weight is 374 g/mol. The Morgan fingerprint density at radius 2 is 1.93 bits per heavy atom. The minimum absolute atomic E-state index is 0.125. The minimum Gasteiger partial charge on any atom is -0.352 e. The number of nitrogens with one attached hydrogen (secondary N) is 1. The van der Waals surface area contributed by atoms with E-state index in [0.717, 1.165) is 28.8 Å². The number of aryl methyl sites for hydroxylation is 1. The normalized spacial score (nSPS) is 11.4. The van der Waals surface area contributed by atoms with Crippen LogP contribution in [0.25, 0.3) is 11.1 Å². The Morgan fingerprint density at radius 3 is 2.63 bits per heavy atom. The molecule has 3 rings (SSSR count). The summed E-state index contributed by atoms with van der Waals surface area (Å²) >= 11 is 0. The number of rotatable bonds is 5. The number of benzene rings is 1. The topological polar surface area (TPSA) is 59.8 Å². The zero-order valence-corrected chi connectivity index (χ0v) is 14.5. The van der Waals surface area contributed by atoms with Gasteiger partial charge in [0, 0.05) is 43.3 Å². The summed E-state index contributed by atoms with van der Waals surface area (Å²) in [6.45, 7) is 0.235. The molecule has 27 heavy (non-hydrogen) atoms.